The number of rotatable bonds is 7. The van der Waals surface area contributed by atoms with Gasteiger partial charge in [0, 0.05) is 6.61 Å². The molecule has 1 N–H and O–H groups in total. The van der Waals surface area contributed by atoms with Crippen LogP contribution < -0.4 is 0 Å². The summed E-state index contributed by atoms with van der Waals surface area (Å²) in [7, 11) is 0. The Morgan fingerprint density at radius 3 is 2.93 bits per heavy atom. The molecule has 1 unspecified atom stereocenters. The van der Waals surface area contributed by atoms with Crippen molar-refractivity contribution in [1.29, 1.82) is 0 Å². The number of hydrogen-bond donors (Lipinski definition) is 1. The highest BCUT2D eigenvalue weighted by Gasteiger charge is 2.15. The van der Waals surface area contributed by atoms with Crippen LogP contribution in [0.15, 0.2) is 0 Å². The summed E-state index contributed by atoms with van der Waals surface area (Å²) in [6.45, 7) is 4.72. The normalized spacial score (nSPS) is 21.1. The molecule has 4 nitrogen and oxygen atoms in total. The van der Waals surface area contributed by atoms with E-state index < -0.39 is 5.97 Å². The molecule has 1 fully saturated rings. The molecule has 1 aliphatic rings. The molecule has 0 radical (unpaired) electrons. The average Bonchev–Trinajstić information content (AvgIpc) is 2.68. The number of nitrogens with zero attached hydrogens (tertiary/aromatic N) is 1. The molecule has 4 heteroatoms. The van der Waals surface area contributed by atoms with E-state index in [4.69, 9.17) is 9.84 Å². The zero-order valence-electron chi connectivity index (χ0n) is 9.45. The van der Waals surface area contributed by atoms with Gasteiger partial charge in [-0.1, -0.05) is 6.92 Å². The minimum Gasteiger partial charge on any atom is -0.480 e. The SMILES string of the molecule is CCN(CCCC1CCCO1)CC(=O)O. The molecule has 1 saturated heterocycles. The first-order valence-corrected chi connectivity index (χ1v) is 5.78. The van der Waals surface area contributed by atoms with E-state index in [-0.39, 0.29) is 6.54 Å². The third-order valence-corrected chi connectivity index (χ3v) is 2.83. The number of carboxylic acid groups (broad SMARTS) is 1. The molecule has 0 bridgehead atoms. The third-order valence-electron chi connectivity index (χ3n) is 2.83. The van der Waals surface area contributed by atoms with Crippen molar-refractivity contribution in [3.8, 4) is 0 Å². The van der Waals surface area contributed by atoms with Crippen molar-refractivity contribution in [1.82, 2.24) is 4.90 Å². The van der Waals surface area contributed by atoms with Crippen LogP contribution in [0.3, 0.4) is 0 Å². The Morgan fingerprint density at radius 2 is 2.40 bits per heavy atom. The summed E-state index contributed by atoms with van der Waals surface area (Å²) in [4.78, 5) is 12.5. The van der Waals surface area contributed by atoms with Crippen molar-refractivity contribution in [2.45, 2.75) is 38.7 Å². The molecule has 1 rings (SSSR count). The summed E-state index contributed by atoms with van der Waals surface area (Å²) in [5, 5.41) is 8.66. The number of carbonyl (C=O) groups is 1. The molecule has 88 valence electrons. The monoisotopic (exact) mass is 215 g/mol. The molecule has 1 heterocycles. The van der Waals surface area contributed by atoms with Crippen molar-refractivity contribution in [2.75, 3.05) is 26.2 Å². The van der Waals surface area contributed by atoms with Crippen LogP contribution in [0.5, 0.6) is 0 Å². The zero-order chi connectivity index (χ0) is 11.1. The van der Waals surface area contributed by atoms with Crippen LogP contribution in [-0.4, -0.2) is 48.3 Å². The van der Waals surface area contributed by atoms with E-state index in [0.29, 0.717) is 6.10 Å². The second kappa shape index (κ2) is 6.80. The fourth-order valence-electron chi connectivity index (χ4n) is 1.95. The number of ether oxygens (including phenoxy) is 1. The van der Waals surface area contributed by atoms with Gasteiger partial charge in [-0.25, -0.2) is 0 Å². The molecular weight excluding hydrogens is 194 g/mol. The van der Waals surface area contributed by atoms with Crippen molar-refractivity contribution in [2.24, 2.45) is 0 Å². The summed E-state index contributed by atoms with van der Waals surface area (Å²) in [5.41, 5.74) is 0. The van der Waals surface area contributed by atoms with Crippen LogP contribution in [0.2, 0.25) is 0 Å². The highest BCUT2D eigenvalue weighted by molar-refractivity contribution is 5.69. The number of likely N-dealkylation sites (N-methyl/N-ethyl adjacent to an activating group) is 1. The standard InChI is InChI=1S/C11H21NO3/c1-2-12(9-11(13)14)7-3-5-10-6-4-8-15-10/h10H,2-9H2,1H3,(H,13,14). The van der Waals surface area contributed by atoms with E-state index in [2.05, 4.69) is 0 Å². The third kappa shape index (κ3) is 5.14. The van der Waals surface area contributed by atoms with Gasteiger partial charge in [-0.2, -0.15) is 0 Å². The summed E-state index contributed by atoms with van der Waals surface area (Å²) in [5.74, 6) is -0.742. The van der Waals surface area contributed by atoms with Crippen molar-refractivity contribution in [3.63, 3.8) is 0 Å². The van der Waals surface area contributed by atoms with Gasteiger partial charge in [0.1, 0.15) is 0 Å². The lowest BCUT2D eigenvalue weighted by molar-refractivity contribution is -0.138. The van der Waals surface area contributed by atoms with Gasteiger partial charge in [-0.3, -0.25) is 9.69 Å². The molecule has 0 saturated carbocycles. The van der Waals surface area contributed by atoms with Gasteiger partial charge in [0.05, 0.1) is 12.6 Å². The van der Waals surface area contributed by atoms with E-state index in [1.807, 2.05) is 11.8 Å². The fraction of sp³-hybridized carbons (Fsp3) is 0.909. The molecule has 0 spiro atoms. The van der Waals surface area contributed by atoms with Gasteiger partial charge in [0.2, 0.25) is 0 Å². The molecule has 0 aromatic rings. The molecule has 0 aliphatic carbocycles. The molecule has 15 heavy (non-hydrogen) atoms. The molecule has 1 aliphatic heterocycles. The van der Waals surface area contributed by atoms with Crippen molar-refractivity contribution < 1.29 is 14.6 Å². The minimum atomic E-state index is -0.742. The Hall–Kier alpha value is -0.610. The molecule has 0 amide bonds. The first-order valence-electron chi connectivity index (χ1n) is 5.78. The lowest BCUT2D eigenvalue weighted by Crippen LogP contribution is -2.30. The second-order valence-corrected chi connectivity index (χ2v) is 4.04. The van der Waals surface area contributed by atoms with Gasteiger partial charge in [-0.15, -0.1) is 0 Å². The smallest absolute Gasteiger partial charge is 0.317 e. The number of hydrogen-bond acceptors (Lipinski definition) is 3. The fourth-order valence-corrected chi connectivity index (χ4v) is 1.95. The first kappa shape index (κ1) is 12.5. The minimum absolute atomic E-state index is 0.155. The van der Waals surface area contributed by atoms with Gasteiger partial charge in [-0.05, 0) is 38.8 Å². The highest BCUT2D eigenvalue weighted by atomic mass is 16.5. The van der Waals surface area contributed by atoms with Crippen LogP contribution in [0.25, 0.3) is 0 Å². The van der Waals surface area contributed by atoms with E-state index in [1.165, 1.54) is 12.8 Å². The van der Waals surface area contributed by atoms with E-state index >= 15 is 0 Å². The molecule has 0 aromatic carbocycles. The summed E-state index contributed by atoms with van der Waals surface area (Å²) in [6, 6.07) is 0. The quantitative estimate of drug-likeness (QED) is 0.696. The Bertz CT molecular complexity index is 190. The number of aliphatic carboxylic acids is 1. The maximum absolute atomic E-state index is 10.5. The van der Waals surface area contributed by atoms with E-state index in [1.54, 1.807) is 0 Å². The van der Waals surface area contributed by atoms with E-state index in [9.17, 15) is 4.79 Å². The first-order chi connectivity index (χ1) is 7.22. The molecule has 0 aromatic heterocycles. The average molecular weight is 215 g/mol. The predicted octanol–water partition coefficient (Wildman–Crippen LogP) is 1.35. The van der Waals surface area contributed by atoms with E-state index in [0.717, 1.165) is 32.5 Å². The summed E-state index contributed by atoms with van der Waals surface area (Å²) in [6.07, 6.45) is 4.87. The summed E-state index contributed by atoms with van der Waals surface area (Å²) >= 11 is 0. The summed E-state index contributed by atoms with van der Waals surface area (Å²) < 4.78 is 5.51. The Morgan fingerprint density at radius 1 is 1.60 bits per heavy atom. The predicted molar refractivity (Wildman–Crippen MR) is 58.0 cm³/mol. The van der Waals surface area contributed by atoms with Crippen LogP contribution >= 0.6 is 0 Å². The lowest BCUT2D eigenvalue weighted by Gasteiger charge is -2.18. The van der Waals surface area contributed by atoms with Crippen LogP contribution in [0.1, 0.15) is 32.6 Å². The van der Waals surface area contributed by atoms with Gasteiger partial charge >= 0.3 is 5.97 Å². The van der Waals surface area contributed by atoms with Crippen molar-refractivity contribution in [3.05, 3.63) is 0 Å². The van der Waals surface area contributed by atoms with Gasteiger partial charge < -0.3 is 9.84 Å². The topological polar surface area (TPSA) is 49.8 Å². The van der Waals surface area contributed by atoms with Crippen LogP contribution in [0.4, 0.5) is 0 Å². The second-order valence-electron chi connectivity index (χ2n) is 4.04. The van der Waals surface area contributed by atoms with Crippen LogP contribution in [-0.2, 0) is 9.53 Å². The number of carboxylic acids is 1. The molecule has 1 atom stereocenters. The van der Waals surface area contributed by atoms with Gasteiger partial charge in [0.25, 0.3) is 0 Å². The zero-order valence-corrected chi connectivity index (χ0v) is 9.45. The highest BCUT2D eigenvalue weighted by Crippen LogP contribution is 2.16. The molecular formula is C11H21NO3. The maximum atomic E-state index is 10.5. The Labute approximate surface area is 91.2 Å². The largest absolute Gasteiger partial charge is 0.480 e. The maximum Gasteiger partial charge on any atom is 0.317 e. The van der Waals surface area contributed by atoms with Gasteiger partial charge in [0.15, 0.2) is 0 Å². The Balaban J connectivity index is 2.07. The Kier molecular flexibility index (Phi) is 5.65. The lowest BCUT2D eigenvalue weighted by atomic mass is 10.1. The van der Waals surface area contributed by atoms with Crippen LogP contribution in [0, 0.1) is 0 Å². The van der Waals surface area contributed by atoms with Crippen molar-refractivity contribution >= 4 is 5.97 Å².